The quantitative estimate of drug-likeness (QED) is 0.755. The summed E-state index contributed by atoms with van der Waals surface area (Å²) in [6.45, 7) is 1.90. The Kier molecular flexibility index (Phi) is 4.84. The molecule has 2 fully saturated rings. The van der Waals surface area contributed by atoms with Gasteiger partial charge in [0.15, 0.2) is 0 Å². The molecule has 2 unspecified atom stereocenters. The number of benzene rings is 1. The predicted octanol–water partition coefficient (Wildman–Crippen LogP) is 1.30. The van der Waals surface area contributed by atoms with Crippen LogP contribution in [0.3, 0.4) is 0 Å². The number of piperidine rings is 1. The highest BCUT2D eigenvalue weighted by Crippen LogP contribution is 2.35. The SMILES string of the molecule is O=C(C[C@@H]1NC(=O)N(Cc2ccccc2)C1=O)N1CC2CC(C1)c1cccc(=O)n1C2. The number of amides is 4. The monoisotopic (exact) mass is 420 g/mol. The zero-order valence-electron chi connectivity index (χ0n) is 17.1. The van der Waals surface area contributed by atoms with Crippen molar-refractivity contribution >= 4 is 17.8 Å². The van der Waals surface area contributed by atoms with Gasteiger partial charge in [-0.05, 0) is 24.0 Å². The number of hydrogen-bond acceptors (Lipinski definition) is 4. The average molecular weight is 420 g/mol. The van der Waals surface area contributed by atoms with E-state index in [4.69, 9.17) is 0 Å². The lowest BCUT2D eigenvalue weighted by Gasteiger charge is -2.43. The van der Waals surface area contributed by atoms with Crippen LogP contribution in [0.25, 0.3) is 0 Å². The fourth-order valence-electron chi connectivity index (χ4n) is 5.03. The second-order valence-corrected chi connectivity index (χ2v) is 8.61. The lowest BCUT2D eigenvalue weighted by Crippen LogP contribution is -2.50. The summed E-state index contributed by atoms with van der Waals surface area (Å²) in [6.07, 6.45) is 0.911. The number of nitrogens with one attached hydrogen (secondary N) is 1. The third kappa shape index (κ3) is 3.62. The maximum Gasteiger partial charge on any atom is 0.325 e. The molecular weight excluding hydrogens is 396 g/mol. The Morgan fingerprint density at radius 1 is 0.968 bits per heavy atom. The van der Waals surface area contributed by atoms with E-state index in [9.17, 15) is 19.2 Å². The first kappa shape index (κ1) is 19.5. The van der Waals surface area contributed by atoms with E-state index in [-0.39, 0.29) is 42.2 Å². The number of pyridine rings is 1. The van der Waals surface area contributed by atoms with Crippen molar-refractivity contribution in [1.82, 2.24) is 19.7 Å². The molecule has 1 aromatic carbocycles. The van der Waals surface area contributed by atoms with Gasteiger partial charge < -0.3 is 14.8 Å². The van der Waals surface area contributed by atoms with Crippen molar-refractivity contribution < 1.29 is 14.4 Å². The fourth-order valence-corrected chi connectivity index (χ4v) is 5.03. The molecule has 8 heteroatoms. The molecule has 3 aliphatic heterocycles. The van der Waals surface area contributed by atoms with Crippen molar-refractivity contribution in [3.05, 3.63) is 70.1 Å². The lowest BCUT2D eigenvalue weighted by atomic mass is 9.83. The first-order chi connectivity index (χ1) is 15.0. The summed E-state index contributed by atoms with van der Waals surface area (Å²) in [5.74, 6) is -0.162. The van der Waals surface area contributed by atoms with Crippen molar-refractivity contribution in [1.29, 1.82) is 0 Å². The van der Waals surface area contributed by atoms with Crippen LogP contribution in [0.1, 0.15) is 30.0 Å². The maximum absolute atomic E-state index is 13.0. The van der Waals surface area contributed by atoms with Gasteiger partial charge in [-0.15, -0.1) is 0 Å². The van der Waals surface area contributed by atoms with Crippen LogP contribution in [-0.4, -0.2) is 51.3 Å². The fraction of sp³-hybridized carbons (Fsp3) is 0.391. The Labute approximate surface area is 179 Å². The van der Waals surface area contributed by atoms with Crippen LogP contribution in [-0.2, 0) is 22.7 Å². The highest BCUT2D eigenvalue weighted by molar-refractivity contribution is 6.05. The molecule has 0 radical (unpaired) electrons. The summed E-state index contributed by atoms with van der Waals surface area (Å²) in [4.78, 5) is 53.2. The summed E-state index contributed by atoms with van der Waals surface area (Å²) in [7, 11) is 0. The normalized spacial score (nSPS) is 24.7. The summed E-state index contributed by atoms with van der Waals surface area (Å²) in [6, 6.07) is 13.3. The van der Waals surface area contributed by atoms with E-state index in [1.54, 1.807) is 17.0 Å². The minimum atomic E-state index is -0.833. The van der Waals surface area contributed by atoms with Gasteiger partial charge in [0.1, 0.15) is 6.04 Å². The number of fused-ring (bicyclic) bond motifs is 4. The molecule has 2 saturated heterocycles. The van der Waals surface area contributed by atoms with Gasteiger partial charge in [0.2, 0.25) is 5.91 Å². The molecule has 8 nitrogen and oxygen atoms in total. The first-order valence-corrected chi connectivity index (χ1v) is 10.6. The number of carbonyl (C=O) groups is 3. The Hall–Kier alpha value is -3.42. The standard InChI is InChI=1S/C23H24N4O4/c28-20-8-4-7-19-17-9-16(13-26(19)20)11-25(14-17)21(29)10-18-22(30)27(23(31)24-18)12-15-5-2-1-3-6-15/h1-8,16-18H,9-14H2,(H,24,31)/t16?,17?,18-/m0/s1. The van der Waals surface area contributed by atoms with Crippen LogP contribution in [0.4, 0.5) is 4.79 Å². The summed E-state index contributed by atoms with van der Waals surface area (Å²) in [5.41, 5.74) is 1.83. The molecule has 0 saturated carbocycles. The number of urea groups is 1. The van der Waals surface area contributed by atoms with Crippen LogP contribution in [0, 0.1) is 5.92 Å². The zero-order valence-corrected chi connectivity index (χ0v) is 17.1. The largest absolute Gasteiger partial charge is 0.342 e. The maximum atomic E-state index is 13.0. The van der Waals surface area contributed by atoms with Crippen molar-refractivity contribution in [2.45, 2.75) is 37.9 Å². The number of nitrogens with zero attached hydrogens (tertiary/aromatic N) is 3. The van der Waals surface area contributed by atoms with E-state index >= 15 is 0 Å². The van der Waals surface area contributed by atoms with Gasteiger partial charge in [0, 0.05) is 37.3 Å². The molecule has 4 heterocycles. The van der Waals surface area contributed by atoms with Crippen molar-refractivity contribution in [3.8, 4) is 0 Å². The third-order valence-electron chi connectivity index (χ3n) is 6.50. The molecular formula is C23H24N4O4. The van der Waals surface area contributed by atoms with E-state index in [1.165, 1.54) is 4.90 Å². The Morgan fingerprint density at radius 2 is 1.77 bits per heavy atom. The van der Waals surface area contributed by atoms with E-state index in [0.29, 0.717) is 19.6 Å². The topological polar surface area (TPSA) is 91.7 Å². The first-order valence-electron chi connectivity index (χ1n) is 10.6. The van der Waals surface area contributed by atoms with Crippen molar-refractivity contribution in [3.63, 3.8) is 0 Å². The number of carbonyl (C=O) groups excluding carboxylic acids is 3. The number of rotatable bonds is 4. The third-order valence-corrected chi connectivity index (χ3v) is 6.50. The summed E-state index contributed by atoms with van der Waals surface area (Å²) < 4.78 is 1.82. The molecule has 2 aromatic rings. The minimum absolute atomic E-state index is 0.00440. The smallest absolute Gasteiger partial charge is 0.325 e. The van der Waals surface area contributed by atoms with Crippen molar-refractivity contribution in [2.24, 2.45) is 5.92 Å². The molecule has 3 atom stereocenters. The van der Waals surface area contributed by atoms with Crippen molar-refractivity contribution in [2.75, 3.05) is 13.1 Å². The molecule has 3 aliphatic rings. The lowest BCUT2D eigenvalue weighted by molar-refractivity contribution is -0.137. The number of imide groups is 1. The molecule has 31 heavy (non-hydrogen) atoms. The summed E-state index contributed by atoms with van der Waals surface area (Å²) in [5, 5.41) is 2.66. The second-order valence-electron chi connectivity index (χ2n) is 8.61. The van der Waals surface area contributed by atoms with Gasteiger partial charge in [0.05, 0.1) is 13.0 Å². The predicted molar refractivity (Wildman–Crippen MR) is 112 cm³/mol. The van der Waals surface area contributed by atoms with Crippen LogP contribution in [0.2, 0.25) is 0 Å². The van der Waals surface area contributed by atoms with E-state index in [0.717, 1.165) is 17.7 Å². The molecule has 1 N–H and O–H groups in total. The van der Waals surface area contributed by atoms with E-state index in [1.807, 2.05) is 41.0 Å². The minimum Gasteiger partial charge on any atom is -0.342 e. The van der Waals surface area contributed by atoms with Gasteiger partial charge >= 0.3 is 6.03 Å². The summed E-state index contributed by atoms with van der Waals surface area (Å²) >= 11 is 0. The highest BCUT2D eigenvalue weighted by atomic mass is 16.2. The van der Waals surface area contributed by atoms with Gasteiger partial charge in [-0.1, -0.05) is 36.4 Å². The molecule has 1 aromatic heterocycles. The van der Waals surface area contributed by atoms with Crippen LogP contribution >= 0.6 is 0 Å². The molecule has 5 rings (SSSR count). The van der Waals surface area contributed by atoms with Gasteiger partial charge in [-0.2, -0.15) is 0 Å². The van der Waals surface area contributed by atoms with Crippen LogP contribution in [0.15, 0.2) is 53.3 Å². The molecule has 160 valence electrons. The van der Waals surface area contributed by atoms with Gasteiger partial charge in [-0.25, -0.2) is 4.79 Å². The molecule has 0 spiro atoms. The zero-order chi connectivity index (χ0) is 21.5. The Bertz CT molecular complexity index is 1100. The Morgan fingerprint density at radius 3 is 2.58 bits per heavy atom. The van der Waals surface area contributed by atoms with E-state index in [2.05, 4.69) is 5.32 Å². The molecule has 2 bridgehead atoms. The van der Waals surface area contributed by atoms with Gasteiger partial charge in [-0.3, -0.25) is 19.3 Å². The Balaban J connectivity index is 1.25. The highest BCUT2D eigenvalue weighted by Gasteiger charge is 2.41. The number of likely N-dealkylation sites (tertiary alicyclic amines) is 1. The van der Waals surface area contributed by atoms with Crippen LogP contribution in [0.5, 0.6) is 0 Å². The molecule has 4 amide bonds. The average Bonchev–Trinajstić information content (AvgIpc) is 3.02. The second kappa shape index (κ2) is 7.68. The molecule has 0 aliphatic carbocycles. The van der Waals surface area contributed by atoms with E-state index < -0.39 is 12.1 Å². The number of hydrogen-bond donors (Lipinski definition) is 1. The number of aromatic nitrogens is 1. The van der Waals surface area contributed by atoms with Gasteiger partial charge in [0.25, 0.3) is 11.5 Å². The van der Waals surface area contributed by atoms with Crippen LogP contribution < -0.4 is 10.9 Å².